The van der Waals surface area contributed by atoms with E-state index in [2.05, 4.69) is 24.3 Å². The third-order valence-electron chi connectivity index (χ3n) is 3.11. The molecule has 1 rings (SSSR count). The van der Waals surface area contributed by atoms with Gasteiger partial charge in [-0.1, -0.05) is 13.8 Å². The van der Waals surface area contributed by atoms with Crippen molar-refractivity contribution in [3.8, 4) is 0 Å². The fourth-order valence-corrected chi connectivity index (χ4v) is 2.07. The zero-order chi connectivity index (χ0) is 14.4. The monoisotopic (exact) mass is 266 g/mol. The van der Waals surface area contributed by atoms with Crippen LogP contribution in [0, 0.1) is 19.8 Å². The molecule has 1 aromatic heterocycles. The number of aryl methyl sites for hydroxylation is 1. The lowest BCUT2D eigenvalue weighted by Crippen LogP contribution is -2.27. The topological polar surface area (TPSA) is 72.9 Å². The summed E-state index contributed by atoms with van der Waals surface area (Å²) in [6, 6.07) is 0. The number of hydrogen-bond acceptors (Lipinski definition) is 3. The van der Waals surface area contributed by atoms with Crippen LogP contribution in [0.3, 0.4) is 0 Å². The quantitative estimate of drug-likeness (QED) is 0.727. The van der Waals surface area contributed by atoms with Crippen LogP contribution in [0.4, 0.5) is 0 Å². The molecule has 1 aromatic rings. The summed E-state index contributed by atoms with van der Waals surface area (Å²) in [5.74, 6) is 0.591. The van der Waals surface area contributed by atoms with Gasteiger partial charge in [-0.15, -0.1) is 0 Å². The Balaban J connectivity index is 2.67. The molecule has 0 atom stereocenters. The number of carbonyl (C=O) groups excluding carboxylic acids is 1. The number of amides is 1. The van der Waals surface area contributed by atoms with Crippen LogP contribution in [0.2, 0.25) is 0 Å². The second kappa shape index (κ2) is 7.28. The molecule has 1 amide bonds. The highest BCUT2D eigenvalue weighted by Crippen LogP contribution is 2.15. The maximum Gasteiger partial charge on any atom is 0.224 e. The van der Waals surface area contributed by atoms with Crippen molar-refractivity contribution >= 4 is 5.91 Å². The van der Waals surface area contributed by atoms with Crippen molar-refractivity contribution in [3.05, 3.63) is 17.0 Å². The normalized spacial score (nSPS) is 11.1. The summed E-state index contributed by atoms with van der Waals surface area (Å²) in [6.07, 6.45) is 1.22. The van der Waals surface area contributed by atoms with Crippen molar-refractivity contribution in [1.29, 1.82) is 0 Å². The Labute approximate surface area is 115 Å². The van der Waals surface area contributed by atoms with Crippen molar-refractivity contribution in [2.45, 2.75) is 47.1 Å². The number of nitrogens with two attached hydrogens (primary N) is 1. The number of nitrogens with zero attached hydrogens (tertiary/aromatic N) is 2. The summed E-state index contributed by atoms with van der Waals surface area (Å²) in [5, 5.41) is 7.40. The molecule has 0 bridgehead atoms. The first kappa shape index (κ1) is 15.7. The van der Waals surface area contributed by atoms with Crippen LogP contribution in [0.1, 0.15) is 37.2 Å². The first-order valence-electron chi connectivity index (χ1n) is 6.95. The molecule has 0 aliphatic carbocycles. The number of carbonyl (C=O) groups is 1. The average molecular weight is 266 g/mol. The van der Waals surface area contributed by atoms with E-state index in [1.165, 1.54) is 0 Å². The average Bonchev–Trinajstić information content (AvgIpc) is 2.56. The lowest BCUT2D eigenvalue weighted by atomic mass is 10.1. The zero-order valence-corrected chi connectivity index (χ0v) is 12.5. The molecule has 3 N–H and O–H groups in total. The third-order valence-corrected chi connectivity index (χ3v) is 3.11. The van der Waals surface area contributed by atoms with Gasteiger partial charge in [0.2, 0.25) is 5.91 Å². The van der Waals surface area contributed by atoms with E-state index in [1.807, 2.05) is 18.5 Å². The molecule has 0 fully saturated rings. The minimum atomic E-state index is 0.0451. The van der Waals surface area contributed by atoms with Crippen LogP contribution >= 0.6 is 0 Å². The molecule has 1 heterocycles. The number of nitrogens with one attached hydrogen (secondary N) is 1. The van der Waals surface area contributed by atoms with Crippen LogP contribution in [0.15, 0.2) is 0 Å². The van der Waals surface area contributed by atoms with Crippen LogP contribution in [0.5, 0.6) is 0 Å². The molecule has 0 unspecified atom stereocenters. The van der Waals surface area contributed by atoms with Gasteiger partial charge < -0.3 is 11.1 Å². The minimum absolute atomic E-state index is 0.0451. The van der Waals surface area contributed by atoms with Gasteiger partial charge in [-0.3, -0.25) is 9.48 Å². The van der Waals surface area contributed by atoms with Gasteiger partial charge in [0, 0.05) is 24.3 Å². The van der Waals surface area contributed by atoms with Crippen LogP contribution < -0.4 is 11.1 Å². The molecule has 0 aliphatic rings. The summed E-state index contributed by atoms with van der Waals surface area (Å²) >= 11 is 0. The molecule has 108 valence electrons. The molecular formula is C14H26N4O. The number of rotatable bonds is 7. The molecular weight excluding hydrogens is 240 g/mol. The third kappa shape index (κ3) is 4.67. The Kier molecular flexibility index (Phi) is 6.02. The van der Waals surface area contributed by atoms with Gasteiger partial charge in [0.1, 0.15) is 0 Å². The van der Waals surface area contributed by atoms with Crippen molar-refractivity contribution in [3.63, 3.8) is 0 Å². The van der Waals surface area contributed by atoms with Gasteiger partial charge in [0.25, 0.3) is 0 Å². The molecule has 0 spiro atoms. The zero-order valence-electron chi connectivity index (χ0n) is 12.5. The molecule has 19 heavy (non-hydrogen) atoms. The van der Waals surface area contributed by atoms with E-state index >= 15 is 0 Å². The Hall–Kier alpha value is -1.36. The van der Waals surface area contributed by atoms with Gasteiger partial charge in [-0.2, -0.15) is 5.10 Å². The van der Waals surface area contributed by atoms with Crippen LogP contribution in [-0.2, 0) is 17.8 Å². The molecule has 0 saturated carbocycles. The van der Waals surface area contributed by atoms with E-state index in [-0.39, 0.29) is 5.91 Å². The van der Waals surface area contributed by atoms with Crippen molar-refractivity contribution in [2.75, 3.05) is 13.1 Å². The highest BCUT2D eigenvalue weighted by atomic mass is 16.1. The predicted molar refractivity (Wildman–Crippen MR) is 76.9 cm³/mol. The summed E-state index contributed by atoms with van der Waals surface area (Å²) in [7, 11) is 0. The molecule has 0 aromatic carbocycles. The van der Waals surface area contributed by atoms with Gasteiger partial charge >= 0.3 is 0 Å². The number of hydrogen-bond donors (Lipinski definition) is 2. The highest BCUT2D eigenvalue weighted by Gasteiger charge is 2.15. The fraction of sp³-hybridized carbons (Fsp3) is 0.714. The largest absolute Gasteiger partial charge is 0.356 e. The Bertz CT molecular complexity index is 423. The first-order valence-corrected chi connectivity index (χ1v) is 6.95. The summed E-state index contributed by atoms with van der Waals surface area (Å²) in [6.45, 7) is 10.5. The van der Waals surface area contributed by atoms with E-state index in [1.54, 1.807) is 0 Å². The maximum atomic E-state index is 11.8. The van der Waals surface area contributed by atoms with Gasteiger partial charge in [-0.05, 0) is 32.7 Å². The van der Waals surface area contributed by atoms with E-state index < -0.39 is 0 Å². The predicted octanol–water partition coefficient (Wildman–Crippen LogP) is 1.16. The van der Waals surface area contributed by atoms with Crippen LogP contribution in [-0.4, -0.2) is 28.8 Å². The van der Waals surface area contributed by atoms with Gasteiger partial charge in [0.05, 0.1) is 12.1 Å². The van der Waals surface area contributed by atoms with Crippen molar-refractivity contribution in [2.24, 2.45) is 11.7 Å². The second-order valence-corrected chi connectivity index (χ2v) is 5.39. The first-order chi connectivity index (χ1) is 8.95. The molecule has 0 saturated heterocycles. The minimum Gasteiger partial charge on any atom is -0.356 e. The highest BCUT2D eigenvalue weighted by molar-refractivity contribution is 5.79. The van der Waals surface area contributed by atoms with E-state index in [0.717, 1.165) is 29.9 Å². The Morgan fingerprint density at radius 3 is 2.68 bits per heavy atom. The number of aromatic nitrogens is 2. The van der Waals surface area contributed by atoms with Crippen molar-refractivity contribution in [1.82, 2.24) is 15.1 Å². The Morgan fingerprint density at radius 2 is 2.11 bits per heavy atom. The fourth-order valence-electron chi connectivity index (χ4n) is 2.07. The smallest absolute Gasteiger partial charge is 0.224 e. The second-order valence-electron chi connectivity index (χ2n) is 5.39. The molecule has 5 nitrogen and oxygen atoms in total. The Morgan fingerprint density at radius 1 is 1.42 bits per heavy atom. The van der Waals surface area contributed by atoms with Gasteiger partial charge in [-0.25, -0.2) is 0 Å². The molecule has 5 heteroatoms. The lowest BCUT2D eigenvalue weighted by Gasteiger charge is -2.08. The van der Waals surface area contributed by atoms with Crippen molar-refractivity contribution < 1.29 is 4.79 Å². The standard InChI is InChI=1S/C14H26N4O/c1-10(2)9-18-12(4)13(11(3)17-18)8-14(19)16-7-5-6-15/h10H,5-9,15H2,1-4H3,(H,16,19). The molecule has 0 radical (unpaired) electrons. The van der Waals surface area contributed by atoms with Gasteiger partial charge in [0.15, 0.2) is 0 Å². The lowest BCUT2D eigenvalue weighted by molar-refractivity contribution is -0.120. The van der Waals surface area contributed by atoms with E-state index in [9.17, 15) is 4.79 Å². The van der Waals surface area contributed by atoms with Crippen LogP contribution in [0.25, 0.3) is 0 Å². The summed E-state index contributed by atoms with van der Waals surface area (Å²) < 4.78 is 2.00. The SMILES string of the molecule is Cc1nn(CC(C)C)c(C)c1CC(=O)NCCCN. The maximum absolute atomic E-state index is 11.8. The van der Waals surface area contributed by atoms with E-state index in [0.29, 0.717) is 25.4 Å². The van der Waals surface area contributed by atoms with E-state index in [4.69, 9.17) is 5.73 Å². The molecule has 0 aliphatic heterocycles. The summed E-state index contributed by atoms with van der Waals surface area (Å²) in [5.41, 5.74) is 8.50. The summed E-state index contributed by atoms with van der Waals surface area (Å²) in [4.78, 5) is 11.8.